The Morgan fingerprint density at radius 1 is 1.36 bits per heavy atom. The molecule has 1 fully saturated rings. The van der Waals surface area contributed by atoms with Crippen LogP contribution in [0.25, 0.3) is 0 Å². The number of carbonyl (C=O) groups excluding carboxylic acids is 1. The van der Waals surface area contributed by atoms with Crippen molar-refractivity contribution in [3.8, 4) is 5.88 Å². The Hall–Kier alpha value is -1.83. The summed E-state index contributed by atoms with van der Waals surface area (Å²) in [5.74, 6) is -0.509. The van der Waals surface area contributed by atoms with Crippen molar-refractivity contribution in [1.82, 2.24) is 10.3 Å². The quantitative estimate of drug-likeness (QED) is 0.871. The fourth-order valence-corrected chi connectivity index (χ4v) is 2.50. The summed E-state index contributed by atoms with van der Waals surface area (Å²) in [6, 6.07) is 2.62. The monoisotopic (exact) mass is 317 g/mol. The lowest BCUT2D eigenvalue weighted by molar-refractivity contribution is -0.154. The van der Waals surface area contributed by atoms with Gasteiger partial charge in [0.05, 0.1) is 11.1 Å². The Kier molecular flexibility index (Phi) is 4.90. The Bertz CT molecular complexity index is 511. The first-order valence-electron chi connectivity index (χ1n) is 7.02. The van der Waals surface area contributed by atoms with E-state index in [2.05, 4.69) is 15.0 Å². The Labute approximate surface area is 126 Å². The van der Waals surface area contributed by atoms with E-state index in [1.807, 2.05) is 0 Å². The summed E-state index contributed by atoms with van der Waals surface area (Å²) in [7, 11) is 0. The Balaban J connectivity index is 1.96. The lowest BCUT2D eigenvalue weighted by Gasteiger charge is -2.28. The van der Waals surface area contributed by atoms with Crippen LogP contribution in [0, 0.1) is 0 Å². The molecule has 0 spiro atoms. The highest BCUT2D eigenvalue weighted by Gasteiger charge is 2.34. The smallest absolute Gasteiger partial charge is 0.422 e. The van der Waals surface area contributed by atoms with Gasteiger partial charge >= 0.3 is 6.18 Å². The van der Waals surface area contributed by atoms with Gasteiger partial charge in [-0.3, -0.25) is 4.79 Å². The maximum atomic E-state index is 12.2. The van der Waals surface area contributed by atoms with Crippen LogP contribution in [0.15, 0.2) is 18.3 Å². The van der Waals surface area contributed by atoms with Crippen LogP contribution in [0.4, 0.5) is 13.2 Å². The third-order valence-electron chi connectivity index (χ3n) is 3.71. The molecule has 1 aromatic heterocycles. The van der Waals surface area contributed by atoms with E-state index < -0.39 is 12.8 Å². The average molecular weight is 317 g/mol. The molecule has 8 heteroatoms. The molecular weight excluding hydrogens is 299 g/mol. The highest BCUT2D eigenvalue weighted by Crippen LogP contribution is 2.29. The number of alkyl halides is 3. The van der Waals surface area contributed by atoms with Crippen molar-refractivity contribution < 1.29 is 22.7 Å². The first kappa shape index (κ1) is 16.5. The lowest BCUT2D eigenvalue weighted by Crippen LogP contribution is -2.51. The number of amides is 1. The average Bonchev–Trinajstić information content (AvgIpc) is 2.94. The second-order valence-corrected chi connectivity index (χ2v) is 5.43. The van der Waals surface area contributed by atoms with Crippen LogP contribution in [-0.2, 0) is 0 Å². The summed E-state index contributed by atoms with van der Waals surface area (Å²) >= 11 is 0. The first-order valence-corrected chi connectivity index (χ1v) is 7.02. The van der Waals surface area contributed by atoms with Crippen LogP contribution in [0.2, 0.25) is 0 Å². The molecule has 22 heavy (non-hydrogen) atoms. The van der Waals surface area contributed by atoms with E-state index in [0.29, 0.717) is 6.54 Å². The number of halogens is 3. The minimum atomic E-state index is -4.42. The summed E-state index contributed by atoms with van der Waals surface area (Å²) in [6.45, 7) is -1.05. The van der Waals surface area contributed by atoms with Gasteiger partial charge in [0, 0.05) is 18.8 Å². The molecule has 1 aromatic rings. The van der Waals surface area contributed by atoms with Crippen LogP contribution < -0.4 is 15.8 Å². The van der Waals surface area contributed by atoms with E-state index in [1.54, 1.807) is 0 Å². The molecule has 0 saturated heterocycles. The van der Waals surface area contributed by atoms with E-state index in [1.165, 1.54) is 18.3 Å². The molecule has 2 rings (SSSR count). The minimum Gasteiger partial charge on any atom is -0.468 e. The summed E-state index contributed by atoms with van der Waals surface area (Å²) < 4.78 is 40.6. The zero-order valence-electron chi connectivity index (χ0n) is 11.9. The molecule has 0 bridgehead atoms. The molecule has 1 saturated carbocycles. The molecule has 1 aliphatic carbocycles. The van der Waals surface area contributed by atoms with Crippen molar-refractivity contribution in [2.45, 2.75) is 37.4 Å². The van der Waals surface area contributed by atoms with E-state index in [-0.39, 0.29) is 22.9 Å². The van der Waals surface area contributed by atoms with Gasteiger partial charge in [0.1, 0.15) is 0 Å². The number of ether oxygens (including phenoxy) is 1. The van der Waals surface area contributed by atoms with Crippen molar-refractivity contribution in [2.24, 2.45) is 5.73 Å². The molecular formula is C14H18F3N3O2. The Morgan fingerprint density at radius 3 is 2.55 bits per heavy atom. The molecule has 3 N–H and O–H groups in total. The van der Waals surface area contributed by atoms with Gasteiger partial charge in [-0.15, -0.1) is 0 Å². The van der Waals surface area contributed by atoms with Gasteiger partial charge in [0.15, 0.2) is 6.61 Å². The second kappa shape index (κ2) is 6.51. The van der Waals surface area contributed by atoms with Crippen molar-refractivity contribution >= 4 is 5.91 Å². The number of nitrogens with zero attached hydrogens (tertiary/aromatic N) is 1. The number of pyridine rings is 1. The van der Waals surface area contributed by atoms with Crippen LogP contribution in [0.3, 0.4) is 0 Å². The van der Waals surface area contributed by atoms with Crippen LogP contribution in [-0.4, -0.2) is 35.8 Å². The second-order valence-electron chi connectivity index (χ2n) is 5.43. The van der Waals surface area contributed by atoms with E-state index in [4.69, 9.17) is 5.73 Å². The molecule has 1 heterocycles. The highest BCUT2D eigenvalue weighted by molar-refractivity contribution is 5.94. The van der Waals surface area contributed by atoms with Crippen molar-refractivity contribution in [3.63, 3.8) is 0 Å². The van der Waals surface area contributed by atoms with Gasteiger partial charge in [-0.25, -0.2) is 4.98 Å². The van der Waals surface area contributed by atoms with Gasteiger partial charge in [0.2, 0.25) is 5.88 Å². The summed E-state index contributed by atoms with van der Waals surface area (Å²) in [6.07, 6.45) is 0.457. The molecule has 1 aliphatic rings. The van der Waals surface area contributed by atoms with Gasteiger partial charge in [-0.1, -0.05) is 12.8 Å². The lowest BCUT2D eigenvalue weighted by atomic mass is 9.97. The van der Waals surface area contributed by atoms with Crippen LogP contribution >= 0.6 is 0 Å². The number of hydrogen-bond acceptors (Lipinski definition) is 4. The number of hydrogen-bond donors (Lipinski definition) is 2. The molecule has 0 aliphatic heterocycles. The normalized spacial score (nSPS) is 17.3. The topological polar surface area (TPSA) is 77.2 Å². The third kappa shape index (κ3) is 4.33. The zero-order chi connectivity index (χ0) is 16.2. The van der Waals surface area contributed by atoms with E-state index >= 15 is 0 Å². The van der Waals surface area contributed by atoms with Crippen LogP contribution in [0.1, 0.15) is 36.0 Å². The maximum Gasteiger partial charge on any atom is 0.422 e. The minimum absolute atomic E-state index is 0.178. The predicted octanol–water partition coefficient (Wildman–Crippen LogP) is 2.02. The van der Waals surface area contributed by atoms with Gasteiger partial charge in [-0.05, 0) is 18.9 Å². The maximum absolute atomic E-state index is 12.2. The van der Waals surface area contributed by atoms with Gasteiger partial charge < -0.3 is 15.8 Å². The number of carbonyl (C=O) groups is 1. The number of rotatable bonds is 5. The summed E-state index contributed by atoms with van der Waals surface area (Å²) in [5, 5.41) is 2.91. The van der Waals surface area contributed by atoms with Crippen molar-refractivity contribution in [1.29, 1.82) is 0 Å². The number of nitrogens with one attached hydrogen (secondary N) is 1. The van der Waals surface area contributed by atoms with Gasteiger partial charge in [-0.2, -0.15) is 13.2 Å². The van der Waals surface area contributed by atoms with E-state index in [9.17, 15) is 18.0 Å². The molecule has 1 amide bonds. The highest BCUT2D eigenvalue weighted by atomic mass is 19.4. The number of nitrogens with two attached hydrogens (primary N) is 1. The molecule has 0 radical (unpaired) electrons. The number of aromatic nitrogens is 1. The standard InChI is InChI=1S/C14H18F3N3O2/c15-14(16,17)9-22-11-4-3-10(7-19-11)12(21)20-13(8-18)5-1-2-6-13/h3-4,7H,1-2,5-6,8-9,18H2,(H,20,21). The fraction of sp³-hybridized carbons (Fsp3) is 0.571. The Morgan fingerprint density at radius 2 is 2.05 bits per heavy atom. The zero-order valence-corrected chi connectivity index (χ0v) is 11.9. The molecule has 0 atom stereocenters. The molecule has 122 valence electrons. The van der Waals surface area contributed by atoms with Crippen molar-refractivity contribution in [3.05, 3.63) is 23.9 Å². The predicted molar refractivity (Wildman–Crippen MR) is 73.5 cm³/mol. The fourth-order valence-electron chi connectivity index (χ4n) is 2.50. The first-order chi connectivity index (χ1) is 10.3. The van der Waals surface area contributed by atoms with Crippen molar-refractivity contribution in [2.75, 3.05) is 13.2 Å². The molecule has 5 nitrogen and oxygen atoms in total. The molecule has 0 unspecified atom stereocenters. The summed E-state index contributed by atoms with van der Waals surface area (Å²) in [4.78, 5) is 15.9. The third-order valence-corrected chi connectivity index (χ3v) is 3.71. The SMILES string of the molecule is NCC1(NC(=O)c2ccc(OCC(F)(F)F)nc2)CCCC1. The molecule has 0 aromatic carbocycles. The van der Waals surface area contributed by atoms with Crippen LogP contribution in [0.5, 0.6) is 5.88 Å². The van der Waals surface area contributed by atoms with Gasteiger partial charge in [0.25, 0.3) is 5.91 Å². The van der Waals surface area contributed by atoms with E-state index in [0.717, 1.165) is 25.7 Å². The summed E-state index contributed by atoms with van der Waals surface area (Å²) in [5.41, 5.74) is 5.62. The largest absolute Gasteiger partial charge is 0.468 e.